The predicted molar refractivity (Wildman–Crippen MR) is 64.2 cm³/mol. The Morgan fingerprint density at radius 2 is 2.27 bits per heavy atom. The molecule has 3 nitrogen and oxygen atoms in total. The minimum Gasteiger partial charge on any atom is -0.383 e. The summed E-state index contributed by atoms with van der Waals surface area (Å²) in [6.07, 6.45) is 2.54. The van der Waals surface area contributed by atoms with E-state index in [0.717, 1.165) is 12.6 Å². The number of rotatable bonds is 5. The van der Waals surface area contributed by atoms with E-state index in [9.17, 15) is 0 Å². The number of piperidine rings is 1. The molecular weight excluding hydrogens is 188 g/mol. The molecule has 0 amide bonds. The Morgan fingerprint density at radius 1 is 1.53 bits per heavy atom. The van der Waals surface area contributed by atoms with E-state index in [1.807, 2.05) is 0 Å². The lowest BCUT2D eigenvalue weighted by Crippen LogP contribution is -2.50. The molecule has 1 aliphatic heterocycles. The second kappa shape index (κ2) is 6.46. The van der Waals surface area contributed by atoms with Gasteiger partial charge in [-0.25, -0.2) is 0 Å². The minimum atomic E-state index is 0.473. The fourth-order valence-electron chi connectivity index (χ4n) is 2.54. The average molecular weight is 214 g/mol. The molecule has 0 aromatic carbocycles. The molecule has 1 N–H and O–H groups in total. The molecule has 0 saturated carbocycles. The molecule has 1 rings (SSSR count). The molecule has 90 valence electrons. The van der Waals surface area contributed by atoms with E-state index in [-0.39, 0.29) is 0 Å². The zero-order valence-corrected chi connectivity index (χ0v) is 10.6. The highest BCUT2D eigenvalue weighted by atomic mass is 16.5. The van der Waals surface area contributed by atoms with Gasteiger partial charge in [-0.1, -0.05) is 6.92 Å². The van der Waals surface area contributed by atoms with Crippen LogP contribution in [0.2, 0.25) is 0 Å². The molecule has 0 aromatic heterocycles. The van der Waals surface area contributed by atoms with Crippen LogP contribution in [0.15, 0.2) is 0 Å². The SMILES string of the molecule is CCN1CCC(NC(C)COC)CC1C. The van der Waals surface area contributed by atoms with Gasteiger partial charge in [0.25, 0.3) is 0 Å². The summed E-state index contributed by atoms with van der Waals surface area (Å²) in [7, 11) is 1.76. The normalized spacial score (nSPS) is 30.4. The lowest BCUT2D eigenvalue weighted by atomic mass is 9.98. The Kier molecular flexibility index (Phi) is 5.58. The molecule has 3 heteroatoms. The van der Waals surface area contributed by atoms with Gasteiger partial charge in [0, 0.05) is 25.2 Å². The molecule has 1 fully saturated rings. The van der Waals surface area contributed by atoms with E-state index in [4.69, 9.17) is 4.74 Å². The molecule has 0 aliphatic carbocycles. The van der Waals surface area contributed by atoms with Crippen molar-refractivity contribution in [1.82, 2.24) is 10.2 Å². The molecule has 0 aromatic rings. The molecule has 0 radical (unpaired) electrons. The highest BCUT2D eigenvalue weighted by molar-refractivity contribution is 4.83. The zero-order valence-electron chi connectivity index (χ0n) is 10.6. The van der Waals surface area contributed by atoms with Crippen LogP contribution in [0.25, 0.3) is 0 Å². The number of likely N-dealkylation sites (tertiary alicyclic amines) is 1. The highest BCUT2D eigenvalue weighted by Crippen LogP contribution is 2.17. The van der Waals surface area contributed by atoms with Crippen molar-refractivity contribution in [3.63, 3.8) is 0 Å². The maximum Gasteiger partial charge on any atom is 0.0613 e. The average Bonchev–Trinajstić information content (AvgIpc) is 2.18. The summed E-state index contributed by atoms with van der Waals surface area (Å²) in [5, 5.41) is 3.64. The van der Waals surface area contributed by atoms with Crippen LogP contribution in [0.4, 0.5) is 0 Å². The summed E-state index contributed by atoms with van der Waals surface area (Å²) in [4.78, 5) is 2.55. The Labute approximate surface area is 94.2 Å². The van der Waals surface area contributed by atoms with Crippen molar-refractivity contribution in [3.05, 3.63) is 0 Å². The van der Waals surface area contributed by atoms with Gasteiger partial charge >= 0.3 is 0 Å². The van der Waals surface area contributed by atoms with Gasteiger partial charge in [0.2, 0.25) is 0 Å². The minimum absolute atomic E-state index is 0.473. The Hall–Kier alpha value is -0.120. The van der Waals surface area contributed by atoms with E-state index < -0.39 is 0 Å². The third-order valence-electron chi connectivity index (χ3n) is 3.36. The van der Waals surface area contributed by atoms with Crippen LogP contribution in [0.3, 0.4) is 0 Å². The van der Waals surface area contributed by atoms with Gasteiger partial charge in [0.15, 0.2) is 0 Å². The van der Waals surface area contributed by atoms with Crippen LogP contribution in [0, 0.1) is 0 Å². The first-order chi connectivity index (χ1) is 7.17. The monoisotopic (exact) mass is 214 g/mol. The predicted octanol–water partition coefficient (Wildman–Crippen LogP) is 1.48. The zero-order chi connectivity index (χ0) is 11.3. The standard InChI is InChI=1S/C12H26N2O/c1-5-14-7-6-12(8-11(14)3)13-10(2)9-15-4/h10-13H,5-9H2,1-4H3. The van der Waals surface area contributed by atoms with Gasteiger partial charge in [0.05, 0.1) is 6.61 Å². The van der Waals surface area contributed by atoms with Crippen molar-refractivity contribution in [2.45, 2.75) is 51.7 Å². The van der Waals surface area contributed by atoms with Crippen molar-refractivity contribution < 1.29 is 4.74 Å². The number of hydrogen-bond donors (Lipinski definition) is 1. The summed E-state index contributed by atoms with van der Waals surface area (Å²) in [5.74, 6) is 0. The van der Waals surface area contributed by atoms with Gasteiger partial charge in [-0.05, 0) is 39.8 Å². The lowest BCUT2D eigenvalue weighted by Gasteiger charge is -2.38. The maximum atomic E-state index is 5.14. The van der Waals surface area contributed by atoms with E-state index in [1.54, 1.807) is 7.11 Å². The van der Waals surface area contributed by atoms with Crippen molar-refractivity contribution >= 4 is 0 Å². The Morgan fingerprint density at radius 3 is 2.80 bits per heavy atom. The molecule has 3 atom stereocenters. The molecular formula is C12H26N2O. The van der Waals surface area contributed by atoms with Crippen LogP contribution >= 0.6 is 0 Å². The number of hydrogen-bond acceptors (Lipinski definition) is 3. The van der Waals surface area contributed by atoms with E-state index in [0.29, 0.717) is 12.1 Å². The van der Waals surface area contributed by atoms with Crippen LogP contribution in [-0.4, -0.2) is 49.8 Å². The van der Waals surface area contributed by atoms with Gasteiger partial charge in [-0.15, -0.1) is 0 Å². The number of nitrogens with zero attached hydrogens (tertiary/aromatic N) is 1. The number of methoxy groups -OCH3 is 1. The second-order valence-electron chi connectivity index (χ2n) is 4.72. The first-order valence-corrected chi connectivity index (χ1v) is 6.16. The van der Waals surface area contributed by atoms with E-state index in [2.05, 4.69) is 31.0 Å². The molecule has 15 heavy (non-hydrogen) atoms. The fourth-order valence-corrected chi connectivity index (χ4v) is 2.54. The summed E-state index contributed by atoms with van der Waals surface area (Å²) in [5.41, 5.74) is 0. The summed E-state index contributed by atoms with van der Waals surface area (Å²) >= 11 is 0. The topological polar surface area (TPSA) is 24.5 Å². The van der Waals surface area contributed by atoms with Gasteiger partial charge in [0.1, 0.15) is 0 Å². The first-order valence-electron chi connectivity index (χ1n) is 6.16. The molecule has 1 saturated heterocycles. The quantitative estimate of drug-likeness (QED) is 0.750. The molecule has 3 unspecified atom stereocenters. The second-order valence-corrected chi connectivity index (χ2v) is 4.72. The number of nitrogens with one attached hydrogen (secondary N) is 1. The van der Waals surface area contributed by atoms with E-state index >= 15 is 0 Å². The summed E-state index contributed by atoms with van der Waals surface area (Å²) in [6, 6.07) is 1.87. The number of ether oxygens (including phenoxy) is 1. The van der Waals surface area contributed by atoms with Gasteiger partial charge < -0.3 is 15.0 Å². The molecule has 0 spiro atoms. The maximum absolute atomic E-state index is 5.14. The molecule has 0 bridgehead atoms. The van der Waals surface area contributed by atoms with Crippen molar-refractivity contribution in [2.24, 2.45) is 0 Å². The van der Waals surface area contributed by atoms with Gasteiger partial charge in [-0.3, -0.25) is 0 Å². The largest absolute Gasteiger partial charge is 0.383 e. The van der Waals surface area contributed by atoms with Crippen LogP contribution < -0.4 is 5.32 Å². The Bertz CT molecular complexity index is 173. The van der Waals surface area contributed by atoms with Crippen LogP contribution in [0.1, 0.15) is 33.6 Å². The summed E-state index contributed by atoms with van der Waals surface area (Å²) in [6.45, 7) is 10.00. The van der Waals surface area contributed by atoms with Crippen LogP contribution in [0.5, 0.6) is 0 Å². The summed E-state index contributed by atoms with van der Waals surface area (Å²) < 4.78 is 5.14. The van der Waals surface area contributed by atoms with Crippen molar-refractivity contribution in [3.8, 4) is 0 Å². The third kappa shape index (κ3) is 4.09. The van der Waals surface area contributed by atoms with Crippen molar-refractivity contribution in [2.75, 3.05) is 26.8 Å². The fraction of sp³-hybridized carbons (Fsp3) is 1.00. The van der Waals surface area contributed by atoms with E-state index in [1.165, 1.54) is 25.9 Å². The molecule has 1 aliphatic rings. The third-order valence-corrected chi connectivity index (χ3v) is 3.36. The molecule has 1 heterocycles. The first kappa shape index (κ1) is 12.9. The van der Waals surface area contributed by atoms with Gasteiger partial charge in [-0.2, -0.15) is 0 Å². The smallest absolute Gasteiger partial charge is 0.0613 e. The highest BCUT2D eigenvalue weighted by Gasteiger charge is 2.24. The lowest BCUT2D eigenvalue weighted by molar-refractivity contribution is 0.121. The Balaban J connectivity index is 2.28. The van der Waals surface area contributed by atoms with Crippen molar-refractivity contribution in [1.29, 1.82) is 0 Å². The van der Waals surface area contributed by atoms with Crippen LogP contribution in [-0.2, 0) is 4.74 Å².